The minimum absolute atomic E-state index is 0.259. The number of rotatable bonds is 11. The summed E-state index contributed by atoms with van der Waals surface area (Å²) < 4.78 is 20.1. The zero-order chi connectivity index (χ0) is 22.1. The van der Waals surface area contributed by atoms with Gasteiger partial charge < -0.3 is 9.84 Å². The molecule has 0 aliphatic carbocycles. The van der Waals surface area contributed by atoms with E-state index in [0.717, 1.165) is 35.1 Å². The van der Waals surface area contributed by atoms with Crippen LogP contribution in [0.4, 0.5) is 4.39 Å². The second-order valence-corrected chi connectivity index (χ2v) is 7.72. The third kappa shape index (κ3) is 6.42. The maximum atomic E-state index is 14.5. The predicted molar refractivity (Wildman–Crippen MR) is 123 cm³/mol. The van der Waals surface area contributed by atoms with Crippen molar-refractivity contribution in [1.29, 1.82) is 0 Å². The van der Waals surface area contributed by atoms with Crippen molar-refractivity contribution in [3.05, 3.63) is 78.1 Å². The van der Waals surface area contributed by atoms with Gasteiger partial charge in [0.25, 0.3) is 0 Å². The Morgan fingerprint density at radius 1 is 0.774 bits per heavy atom. The van der Waals surface area contributed by atoms with Crippen LogP contribution in [-0.2, 0) is 0 Å². The van der Waals surface area contributed by atoms with Crippen molar-refractivity contribution in [2.24, 2.45) is 0 Å². The molecule has 3 rings (SSSR count). The number of hydrogen-bond donors (Lipinski definition) is 1. The molecule has 0 aliphatic rings. The Hall–Kier alpha value is -3.14. The molecular weight excluding hydrogens is 391 g/mol. The fourth-order valence-electron chi connectivity index (χ4n) is 3.52. The highest BCUT2D eigenvalue weighted by molar-refractivity contribution is 5.88. The summed E-state index contributed by atoms with van der Waals surface area (Å²) in [4.78, 5) is 11.0. The third-order valence-electron chi connectivity index (χ3n) is 5.37. The summed E-state index contributed by atoms with van der Waals surface area (Å²) in [5, 5.41) is 9.01. The molecule has 0 saturated heterocycles. The lowest BCUT2D eigenvalue weighted by Crippen LogP contribution is -1.99. The minimum atomic E-state index is -0.941. The van der Waals surface area contributed by atoms with E-state index in [1.807, 2.05) is 30.3 Å². The van der Waals surface area contributed by atoms with Gasteiger partial charge in [-0.15, -0.1) is 0 Å². The van der Waals surface area contributed by atoms with E-state index in [1.54, 1.807) is 30.3 Å². The van der Waals surface area contributed by atoms with E-state index < -0.39 is 5.97 Å². The Kier molecular flexibility index (Phi) is 8.22. The first-order chi connectivity index (χ1) is 15.1. The number of hydrogen-bond acceptors (Lipinski definition) is 2. The normalized spacial score (nSPS) is 10.8. The second-order valence-electron chi connectivity index (χ2n) is 7.72. The van der Waals surface area contributed by atoms with Crippen LogP contribution in [0, 0.1) is 5.82 Å². The maximum absolute atomic E-state index is 14.5. The largest absolute Gasteiger partial charge is 0.491 e. The summed E-state index contributed by atoms with van der Waals surface area (Å²) in [5.74, 6) is -0.993. The third-order valence-corrected chi connectivity index (χ3v) is 5.37. The Morgan fingerprint density at radius 3 is 1.87 bits per heavy atom. The van der Waals surface area contributed by atoms with E-state index in [0.29, 0.717) is 12.4 Å². The molecule has 0 atom stereocenters. The maximum Gasteiger partial charge on any atom is 0.335 e. The average molecular weight is 421 g/mol. The number of aromatic carboxylic acids is 1. The van der Waals surface area contributed by atoms with E-state index in [9.17, 15) is 9.18 Å². The van der Waals surface area contributed by atoms with Gasteiger partial charge in [0, 0.05) is 0 Å². The smallest absolute Gasteiger partial charge is 0.335 e. The molecule has 0 aliphatic heterocycles. The molecule has 0 amide bonds. The zero-order valence-electron chi connectivity index (χ0n) is 17.9. The summed E-state index contributed by atoms with van der Waals surface area (Å²) in [6, 6.07) is 19.6. The monoisotopic (exact) mass is 420 g/mol. The first-order valence-electron chi connectivity index (χ1n) is 10.9. The molecule has 31 heavy (non-hydrogen) atoms. The molecule has 3 aromatic carbocycles. The van der Waals surface area contributed by atoms with Crippen LogP contribution < -0.4 is 4.74 Å². The minimum Gasteiger partial charge on any atom is -0.491 e. The summed E-state index contributed by atoms with van der Waals surface area (Å²) >= 11 is 0. The standard InChI is InChI=1S/C27H29FO3/c1-2-3-4-5-6-7-18-31-26-17-16-24(19-25(26)28)22-10-8-20(9-11-22)21-12-14-23(15-13-21)27(29)30/h8-17,19H,2-7,18H2,1H3,(H,29,30). The molecule has 3 nitrogen and oxygen atoms in total. The lowest BCUT2D eigenvalue weighted by atomic mass is 9.99. The number of benzene rings is 3. The van der Waals surface area contributed by atoms with Crippen LogP contribution in [0.3, 0.4) is 0 Å². The van der Waals surface area contributed by atoms with Crippen LogP contribution in [0.2, 0.25) is 0 Å². The molecule has 0 fully saturated rings. The Bertz CT molecular complexity index is 978. The number of unbranched alkanes of at least 4 members (excludes halogenated alkanes) is 5. The molecule has 0 saturated carbocycles. The summed E-state index contributed by atoms with van der Waals surface area (Å²) in [7, 11) is 0. The number of carboxylic acids is 1. The predicted octanol–water partition coefficient (Wildman–Crippen LogP) is 7.60. The summed E-state index contributed by atoms with van der Waals surface area (Å²) in [6.45, 7) is 2.74. The summed E-state index contributed by atoms with van der Waals surface area (Å²) in [6.07, 6.45) is 7.03. The SMILES string of the molecule is CCCCCCCCOc1ccc(-c2ccc(-c3ccc(C(=O)O)cc3)cc2)cc1F. The molecule has 0 bridgehead atoms. The van der Waals surface area contributed by atoms with Crippen molar-refractivity contribution in [3.63, 3.8) is 0 Å². The molecule has 0 heterocycles. The molecule has 162 valence electrons. The van der Waals surface area contributed by atoms with Gasteiger partial charge in [0.05, 0.1) is 12.2 Å². The highest BCUT2D eigenvalue weighted by Crippen LogP contribution is 2.28. The van der Waals surface area contributed by atoms with Gasteiger partial charge in [0.1, 0.15) is 0 Å². The molecule has 4 heteroatoms. The van der Waals surface area contributed by atoms with Crippen molar-refractivity contribution < 1.29 is 19.0 Å². The molecule has 1 N–H and O–H groups in total. The number of halogens is 1. The molecule has 0 radical (unpaired) electrons. The topological polar surface area (TPSA) is 46.5 Å². The van der Waals surface area contributed by atoms with Gasteiger partial charge in [0.2, 0.25) is 0 Å². The number of carbonyl (C=O) groups is 1. The highest BCUT2D eigenvalue weighted by Gasteiger charge is 2.08. The van der Waals surface area contributed by atoms with Crippen molar-refractivity contribution in [1.82, 2.24) is 0 Å². The van der Waals surface area contributed by atoms with E-state index in [4.69, 9.17) is 9.84 Å². The molecule has 0 unspecified atom stereocenters. The van der Waals surface area contributed by atoms with Crippen molar-refractivity contribution >= 4 is 5.97 Å². The van der Waals surface area contributed by atoms with Gasteiger partial charge >= 0.3 is 5.97 Å². The van der Waals surface area contributed by atoms with Gasteiger partial charge in [-0.1, -0.05) is 81.5 Å². The van der Waals surface area contributed by atoms with Crippen molar-refractivity contribution in [2.75, 3.05) is 6.61 Å². The fourth-order valence-corrected chi connectivity index (χ4v) is 3.52. The second kappa shape index (κ2) is 11.3. The first kappa shape index (κ1) is 22.5. The highest BCUT2D eigenvalue weighted by atomic mass is 19.1. The van der Waals surface area contributed by atoms with Crippen LogP contribution in [0.25, 0.3) is 22.3 Å². The van der Waals surface area contributed by atoms with Gasteiger partial charge in [-0.05, 0) is 52.9 Å². The van der Waals surface area contributed by atoms with E-state index in [1.165, 1.54) is 31.7 Å². The van der Waals surface area contributed by atoms with Crippen LogP contribution in [0.15, 0.2) is 66.7 Å². The summed E-state index contributed by atoms with van der Waals surface area (Å²) in [5.41, 5.74) is 3.86. The first-order valence-corrected chi connectivity index (χ1v) is 10.9. The molecular formula is C27H29FO3. The Labute approximate surface area is 183 Å². The molecule has 0 spiro atoms. The number of ether oxygens (including phenoxy) is 1. The van der Waals surface area contributed by atoms with Gasteiger partial charge in [-0.2, -0.15) is 0 Å². The van der Waals surface area contributed by atoms with Gasteiger partial charge in [-0.25, -0.2) is 9.18 Å². The van der Waals surface area contributed by atoms with Gasteiger partial charge in [0.15, 0.2) is 11.6 Å². The average Bonchev–Trinajstić information content (AvgIpc) is 2.79. The van der Waals surface area contributed by atoms with E-state index in [-0.39, 0.29) is 11.4 Å². The van der Waals surface area contributed by atoms with Crippen molar-refractivity contribution in [2.45, 2.75) is 45.4 Å². The molecule has 3 aromatic rings. The van der Waals surface area contributed by atoms with E-state index >= 15 is 0 Å². The van der Waals surface area contributed by atoms with Crippen LogP contribution in [0.1, 0.15) is 55.8 Å². The van der Waals surface area contributed by atoms with Crippen molar-refractivity contribution in [3.8, 4) is 28.0 Å². The van der Waals surface area contributed by atoms with Crippen LogP contribution in [-0.4, -0.2) is 17.7 Å². The van der Waals surface area contributed by atoms with Crippen LogP contribution in [0.5, 0.6) is 5.75 Å². The quantitative estimate of drug-likeness (QED) is 0.325. The zero-order valence-corrected chi connectivity index (χ0v) is 17.9. The Balaban J connectivity index is 1.58. The van der Waals surface area contributed by atoms with Gasteiger partial charge in [-0.3, -0.25) is 0 Å². The van der Waals surface area contributed by atoms with E-state index in [2.05, 4.69) is 6.92 Å². The fraction of sp³-hybridized carbons (Fsp3) is 0.296. The Morgan fingerprint density at radius 2 is 1.29 bits per heavy atom. The molecule has 0 aromatic heterocycles. The van der Waals surface area contributed by atoms with Crippen LogP contribution >= 0.6 is 0 Å². The number of carboxylic acid groups (broad SMARTS) is 1. The lowest BCUT2D eigenvalue weighted by Gasteiger charge is -2.10. The lowest BCUT2D eigenvalue weighted by molar-refractivity contribution is 0.0697.